The summed E-state index contributed by atoms with van der Waals surface area (Å²) in [6.07, 6.45) is 0. The number of benzene rings is 2. The summed E-state index contributed by atoms with van der Waals surface area (Å²) < 4.78 is 0. The fraction of sp³-hybridized carbons (Fsp3) is 0. The van der Waals surface area contributed by atoms with Crippen LogP contribution in [0, 0.1) is 0 Å². The number of amides is 3. The predicted octanol–water partition coefficient (Wildman–Crippen LogP) is 3.35. The summed E-state index contributed by atoms with van der Waals surface area (Å²) >= 11 is 1.35. The van der Waals surface area contributed by atoms with Gasteiger partial charge < -0.3 is 16.4 Å². The Bertz CT molecular complexity index is 950. The van der Waals surface area contributed by atoms with Gasteiger partial charge in [0.05, 0.1) is 4.88 Å². The van der Waals surface area contributed by atoms with Crippen LogP contribution in [0.5, 0.6) is 0 Å². The van der Waals surface area contributed by atoms with Gasteiger partial charge in [-0.1, -0.05) is 12.1 Å². The molecule has 0 spiro atoms. The zero-order valence-electron chi connectivity index (χ0n) is 13.6. The van der Waals surface area contributed by atoms with Crippen molar-refractivity contribution in [3.8, 4) is 0 Å². The highest BCUT2D eigenvalue weighted by Crippen LogP contribution is 2.18. The molecule has 2 aromatic carbocycles. The molecule has 130 valence electrons. The maximum Gasteiger partial charge on any atom is 0.265 e. The number of nitrogens with two attached hydrogens (primary N) is 1. The summed E-state index contributed by atoms with van der Waals surface area (Å²) in [7, 11) is 0. The SMILES string of the molecule is NC(=O)c1ccc(C(=O)Nc2cccc(NC(=O)c3cccs3)c2)cc1. The lowest BCUT2D eigenvalue weighted by molar-refractivity contribution is 0.0994. The summed E-state index contributed by atoms with van der Waals surface area (Å²) in [6.45, 7) is 0. The van der Waals surface area contributed by atoms with Crippen LogP contribution in [-0.4, -0.2) is 17.7 Å². The number of carbonyl (C=O) groups is 3. The van der Waals surface area contributed by atoms with Crippen molar-refractivity contribution in [1.82, 2.24) is 0 Å². The van der Waals surface area contributed by atoms with Crippen molar-refractivity contribution < 1.29 is 14.4 Å². The molecule has 6 nitrogen and oxygen atoms in total. The lowest BCUT2D eigenvalue weighted by atomic mass is 10.1. The predicted molar refractivity (Wildman–Crippen MR) is 102 cm³/mol. The molecule has 0 fully saturated rings. The maximum absolute atomic E-state index is 12.3. The number of primary amides is 1. The Morgan fingerprint density at radius 2 is 1.38 bits per heavy atom. The molecular weight excluding hydrogens is 350 g/mol. The van der Waals surface area contributed by atoms with Crippen LogP contribution in [0.25, 0.3) is 0 Å². The number of hydrogen-bond acceptors (Lipinski definition) is 4. The average molecular weight is 365 g/mol. The van der Waals surface area contributed by atoms with E-state index in [1.165, 1.54) is 35.6 Å². The highest BCUT2D eigenvalue weighted by molar-refractivity contribution is 7.12. The quantitative estimate of drug-likeness (QED) is 0.646. The minimum atomic E-state index is -0.550. The Morgan fingerprint density at radius 1 is 0.769 bits per heavy atom. The topological polar surface area (TPSA) is 101 Å². The molecule has 0 aliphatic carbocycles. The Balaban J connectivity index is 1.69. The van der Waals surface area contributed by atoms with E-state index in [0.29, 0.717) is 27.4 Å². The number of thiophene rings is 1. The monoisotopic (exact) mass is 365 g/mol. The van der Waals surface area contributed by atoms with Crippen molar-refractivity contribution in [1.29, 1.82) is 0 Å². The van der Waals surface area contributed by atoms with Gasteiger partial charge in [-0.05, 0) is 53.9 Å². The van der Waals surface area contributed by atoms with E-state index in [1.54, 1.807) is 36.4 Å². The van der Waals surface area contributed by atoms with Crippen LogP contribution in [0.4, 0.5) is 11.4 Å². The van der Waals surface area contributed by atoms with Crippen LogP contribution in [0.3, 0.4) is 0 Å². The molecule has 3 rings (SSSR count). The Kier molecular flexibility index (Phi) is 5.09. The van der Waals surface area contributed by atoms with Crippen molar-refractivity contribution in [2.24, 2.45) is 5.73 Å². The van der Waals surface area contributed by atoms with Crippen molar-refractivity contribution in [3.05, 3.63) is 82.0 Å². The van der Waals surface area contributed by atoms with Gasteiger partial charge in [0.15, 0.2) is 0 Å². The van der Waals surface area contributed by atoms with Crippen molar-refractivity contribution in [3.63, 3.8) is 0 Å². The summed E-state index contributed by atoms with van der Waals surface area (Å²) in [5.74, 6) is -1.08. The summed E-state index contributed by atoms with van der Waals surface area (Å²) in [5, 5.41) is 7.37. The molecule has 0 aliphatic rings. The fourth-order valence-electron chi connectivity index (χ4n) is 2.26. The van der Waals surface area contributed by atoms with Crippen molar-refractivity contribution in [2.75, 3.05) is 10.6 Å². The van der Waals surface area contributed by atoms with Gasteiger partial charge in [-0.15, -0.1) is 11.3 Å². The van der Waals surface area contributed by atoms with Crippen LogP contribution in [-0.2, 0) is 0 Å². The molecule has 1 heterocycles. The molecule has 0 saturated carbocycles. The first-order valence-electron chi connectivity index (χ1n) is 7.69. The molecular formula is C19H15N3O3S. The lowest BCUT2D eigenvalue weighted by Crippen LogP contribution is -2.14. The van der Waals surface area contributed by atoms with E-state index in [9.17, 15) is 14.4 Å². The second-order valence-corrected chi connectivity index (χ2v) is 6.36. The molecule has 26 heavy (non-hydrogen) atoms. The summed E-state index contributed by atoms with van der Waals surface area (Å²) in [4.78, 5) is 36.1. The number of nitrogens with one attached hydrogen (secondary N) is 2. The number of carbonyl (C=O) groups excluding carboxylic acids is 3. The van der Waals surface area contributed by atoms with E-state index < -0.39 is 5.91 Å². The molecule has 1 aromatic heterocycles. The Hall–Kier alpha value is -3.45. The minimum absolute atomic E-state index is 0.203. The van der Waals surface area contributed by atoms with Crippen molar-refractivity contribution in [2.45, 2.75) is 0 Å². The van der Waals surface area contributed by atoms with Gasteiger partial charge in [-0.25, -0.2) is 0 Å². The third kappa shape index (κ3) is 4.14. The van der Waals surface area contributed by atoms with E-state index >= 15 is 0 Å². The number of rotatable bonds is 5. The average Bonchev–Trinajstić information content (AvgIpc) is 3.17. The first kappa shape index (κ1) is 17.4. The van der Waals surface area contributed by atoms with Gasteiger partial charge in [-0.2, -0.15) is 0 Å². The normalized spacial score (nSPS) is 10.2. The standard InChI is InChI=1S/C19H15N3O3S/c20-17(23)12-6-8-13(9-7-12)18(24)21-14-3-1-4-15(11-14)22-19(25)16-5-2-10-26-16/h1-11H,(H2,20,23)(H,21,24)(H,22,25). The van der Waals surface area contributed by atoms with Crippen molar-refractivity contribution >= 4 is 40.4 Å². The van der Waals surface area contributed by atoms with Gasteiger partial charge in [0.25, 0.3) is 11.8 Å². The van der Waals surface area contributed by atoms with Crippen LogP contribution in [0.1, 0.15) is 30.4 Å². The van der Waals surface area contributed by atoms with Crippen LogP contribution < -0.4 is 16.4 Å². The van der Waals surface area contributed by atoms with Gasteiger partial charge in [0, 0.05) is 22.5 Å². The number of anilines is 2. The Morgan fingerprint density at radius 3 is 1.96 bits per heavy atom. The van der Waals surface area contributed by atoms with E-state index in [4.69, 9.17) is 5.73 Å². The summed E-state index contributed by atoms with van der Waals surface area (Å²) in [6, 6.07) is 16.4. The third-order valence-corrected chi connectivity index (χ3v) is 4.42. The minimum Gasteiger partial charge on any atom is -0.366 e. The van der Waals surface area contributed by atoms with Gasteiger partial charge in [0.2, 0.25) is 5.91 Å². The highest BCUT2D eigenvalue weighted by atomic mass is 32.1. The van der Waals surface area contributed by atoms with Crippen LogP contribution in [0.15, 0.2) is 66.0 Å². The third-order valence-electron chi connectivity index (χ3n) is 3.55. The first-order valence-corrected chi connectivity index (χ1v) is 8.57. The number of hydrogen-bond donors (Lipinski definition) is 3. The van der Waals surface area contributed by atoms with E-state index in [0.717, 1.165) is 0 Å². The smallest absolute Gasteiger partial charge is 0.265 e. The maximum atomic E-state index is 12.3. The van der Waals surface area contributed by atoms with E-state index in [-0.39, 0.29) is 11.8 Å². The first-order chi connectivity index (χ1) is 12.5. The molecule has 0 aliphatic heterocycles. The van der Waals surface area contributed by atoms with Crippen LogP contribution in [0.2, 0.25) is 0 Å². The molecule has 0 unspecified atom stereocenters. The van der Waals surface area contributed by atoms with E-state index in [2.05, 4.69) is 10.6 Å². The lowest BCUT2D eigenvalue weighted by Gasteiger charge is -2.09. The molecule has 0 radical (unpaired) electrons. The van der Waals surface area contributed by atoms with E-state index in [1.807, 2.05) is 5.38 Å². The molecule has 3 aromatic rings. The largest absolute Gasteiger partial charge is 0.366 e. The molecule has 4 N–H and O–H groups in total. The zero-order chi connectivity index (χ0) is 18.5. The zero-order valence-corrected chi connectivity index (χ0v) is 14.4. The molecule has 0 saturated heterocycles. The van der Waals surface area contributed by atoms with Crippen LogP contribution >= 0.6 is 11.3 Å². The molecule has 0 bridgehead atoms. The van der Waals surface area contributed by atoms with Gasteiger partial charge in [0.1, 0.15) is 0 Å². The molecule has 3 amide bonds. The second kappa shape index (κ2) is 7.62. The van der Waals surface area contributed by atoms with Gasteiger partial charge >= 0.3 is 0 Å². The second-order valence-electron chi connectivity index (χ2n) is 5.41. The highest BCUT2D eigenvalue weighted by Gasteiger charge is 2.10. The Labute approximate surface area is 153 Å². The molecule has 0 atom stereocenters. The van der Waals surface area contributed by atoms with Gasteiger partial charge in [-0.3, -0.25) is 14.4 Å². The molecule has 7 heteroatoms. The summed E-state index contributed by atoms with van der Waals surface area (Å²) in [5.41, 5.74) is 7.02. The fourth-order valence-corrected chi connectivity index (χ4v) is 2.88.